The second-order valence-corrected chi connectivity index (χ2v) is 3.51. The monoisotopic (exact) mass is 250 g/mol. The molecule has 0 spiro atoms. The van der Waals surface area contributed by atoms with E-state index in [0.29, 0.717) is 12.3 Å². The smallest absolute Gasteiger partial charge is 0.405 e. The van der Waals surface area contributed by atoms with E-state index in [1.54, 1.807) is 24.4 Å². The number of amides is 1. The van der Waals surface area contributed by atoms with E-state index in [9.17, 15) is 18.0 Å². The molecule has 0 aliphatic carbocycles. The zero-order chi connectivity index (χ0) is 12.9. The predicted octanol–water partition coefficient (Wildman–Crippen LogP) is 1.36. The van der Waals surface area contributed by atoms with E-state index in [1.165, 1.54) is 0 Å². The highest BCUT2D eigenvalue weighted by molar-refractivity contribution is 5.77. The first kappa shape index (κ1) is 13.6. The number of carbonyl (C=O) groups is 1. The van der Waals surface area contributed by atoms with Crippen molar-refractivity contribution in [3.63, 3.8) is 0 Å². The normalized spacial score (nSPS) is 11.5. The number of alkyl halides is 3. The van der Waals surface area contributed by atoms with Crippen molar-refractivity contribution in [2.24, 2.45) is 0 Å². The first-order valence-electron chi connectivity index (χ1n) is 4.96. The molecule has 0 bridgehead atoms. The van der Waals surface area contributed by atoms with Gasteiger partial charge in [0.25, 0.3) is 0 Å². The fourth-order valence-electron chi connectivity index (χ4n) is 1.14. The van der Waals surface area contributed by atoms with E-state index in [4.69, 9.17) is 4.42 Å². The highest BCUT2D eigenvalue weighted by Crippen LogP contribution is 2.11. The van der Waals surface area contributed by atoms with Crippen molar-refractivity contribution >= 4 is 5.91 Å². The third kappa shape index (κ3) is 5.96. The van der Waals surface area contributed by atoms with Crippen LogP contribution < -0.4 is 10.6 Å². The van der Waals surface area contributed by atoms with Crippen LogP contribution in [0.3, 0.4) is 0 Å². The van der Waals surface area contributed by atoms with Crippen LogP contribution in [0, 0.1) is 6.92 Å². The molecule has 1 aromatic heterocycles. The third-order valence-corrected chi connectivity index (χ3v) is 1.87. The SMILES string of the molecule is Cc1ccc(CNCC(=O)NCC(F)(F)F)o1. The highest BCUT2D eigenvalue weighted by Gasteiger charge is 2.27. The van der Waals surface area contributed by atoms with E-state index < -0.39 is 18.6 Å². The molecule has 0 fully saturated rings. The van der Waals surface area contributed by atoms with Crippen molar-refractivity contribution in [3.05, 3.63) is 23.7 Å². The number of hydrogen-bond acceptors (Lipinski definition) is 3. The molecule has 7 heteroatoms. The summed E-state index contributed by atoms with van der Waals surface area (Å²) < 4.78 is 40.5. The standard InChI is InChI=1S/C10H13F3N2O2/c1-7-2-3-8(17-7)4-14-5-9(16)15-6-10(11,12)13/h2-3,14H,4-6H2,1H3,(H,15,16). The molecule has 0 saturated heterocycles. The van der Waals surface area contributed by atoms with Crippen LogP contribution in [0.5, 0.6) is 0 Å². The number of carbonyl (C=O) groups excluding carboxylic acids is 1. The zero-order valence-corrected chi connectivity index (χ0v) is 9.23. The summed E-state index contributed by atoms with van der Waals surface area (Å²) in [7, 11) is 0. The van der Waals surface area contributed by atoms with Crippen LogP contribution >= 0.6 is 0 Å². The Kier molecular flexibility index (Phi) is 4.56. The van der Waals surface area contributed by atoms with Gasteiger partial charge in [0.15, 0.2) is 0 Å². The van der Waals surface area contributed by atoms with Gasteiger partial charge in [-0.1, -0.05) is 0 Å². The molecular weight excluding hydrogens is 237 g/mol. The zero-order valence-electron chi connectivity index (χ0n) is 9.23. The van der Waals surface area contributed by atoms with Crippen molar-refractivity contribution in [1.82, 2.24) is 10.6 Å². The van der Waals surface area contributed by atoms with E-state index >= 15 is 0 Å². The van der Waals surface area contributed by atoms with Crippen molar-refractivity contribution in [1.29, 1.82) is 0 Å². The van der Waals surface area contributed by atoms with Gasteiger partial charge in [-0.2, -0.15) is 13.2 Å². The summed E-state index contributed by atoms with van der Waals surface area (Å²) >= 11 is 0. The lowest BCUT2D eigenvalue weighted by atomic mass is 10.4. The number of aryl methyl sites for hydroxylation is 1. The first-order valence-corrected chi connectivity index (χ1v) is 4.96. The molecule has 0 saturated carbocycles. The van der Waals surface area contributed by atoms with Crippen LogP contribution in [0.25, 0.3) is 0 Å². The van der Waals surface area contributed by atoms with Crippen LogP contribution in [0.15, 0.2) is 16.5 Å². The van der Waals surface area contributed by atoms with Gasteiger partial charge in [-0.15, -0.1) is 0 Å². The summed E-state index contributed by atoms with van der Waals surface area (Å²) in [5, 5.41) is 4.43. The van der Waals surface area contributed by atoms with Gasteiger partial charge in [-0.05, 0) is 19.1 Å². The van der Waals surface area contributed by atoms with Gasteiger partial charge >= 0.3 is 6.18 Å². The van der Waals surface area contributed by atoms with Gasteiger partial charge in [0.1, 0.15) is 18.1 Å². The van der Waals surface area contributed by atoms with Crippen molar-refractivity contribution in [2.45, 2.75) is 19.6 Å². The fourth-order valence-corrected chi connectivity index (χ4v) is 1.14. The lowest BCUT2D eigenvalue weighted by molar-refractivity contribution is -0.137. The van der Waals surface area contributed by atoms with E-state index in [-0.39, 0.29) is 6.54 Å². The average molecular weight is 250 g/mol. The Morgan fingerprint density at radius 3 is 2.65 bits per heavy atom. The molecule has 0 unspecified atom stereocenters. The molecule has 2 N–H and O–H groups in total. The minimum atomic E-state index is -4.38. The van der Waals surface area contributed by atoms with Crippen LogP contribution in [0.2, 0.25) is 0 Å². The van der Waals surface area contributed by atoms with Crippen LogP contribution in [-0.2, 0) is 11.3 Å². The van der Waals surface area contributed by atoms with Crippen molar-refractivity contribution < 1.29 is 22.4 Å². The summed E-state index contributed by atoms with van der Waals surface area (Å²) in [4.78, 5) is 11.0. The molecule has 1 heterocycles. The quantitative estimate of drug-likeness (QED) is 0.829. The van der Waals surface area contributed by atoms with Crippen LogP contribution in [0.1, 0.15) is 11.5 Å². The Labute approximate surface area is 96.2 Å². The van der Waals surface area contributed by atoms with E-state index in [1.807, 2.05) is 0 Å². The molecule has 1 aromatic rings. The Morgan fingerprint density at radius 1 is 1.41 bits per heavy atom. The summed E-state index contributed by atoms with van der Waals surface area (Å²) in [6.45, 7) is 0.579. The molecule has 17 heavy (non-hydrogen) atoms. The van der Waals surface area contributed by atoms with Crippen molar-refractivity contribution in [3.8, 4) is 0 Å². The van der Waals surface area contributed by atoms with Gasteiger partial charge in [0, 0.05) is 0 Å². The number of hydrogen-bond donors (Lipinski definition) is 2. The maximum absolute atomic E-state index is 11.8. The molecule has 4 nitrogen and oxygen atoms in total. The van der Waals surface area contributed by atoms with E-state index in [0.717, 1.165) is 5.76 Å². The van der Waals surface area contributed by atoms with E-state index in [2.05, 4.69) is 5.32 Å². The molecule has 1 amide bonds. The first-order chi connectivity index (χ1) is 7.87. The molecule has 1 rings (SSSR count). The number of halogens is 3. The van der Waals surface area contributed by atoms with Crippen LogP contribution in [0.4, 0.5) is 13.2 Å². The number of nitrogens with one attached hydrogen (secondary N) is 2. The van der Waals surface area contributed by atoms with Gasteiger partial charge in [-0.3, -0.25) is 4.79 Å². The highest BCUT2D eigenvalue weighted by atomic mass is 19.4. The minimum absolute atomic E-state index is 0.185. The van der Waals surface area contributed by atoms with Gasteiger partial charge in [0.2, 0.25) is 5.91 Å². The second-order valence-electron chi connectivity index (χ2n) is 3.51. The topological polar surface area (TPSA) is 54.3 Å². The summed E-state index contributed by atoms with van der Waals surface area (Å²) in [5.41, 5.74) is 0. The molecule has 0 aliphatic heterocycles. The Bertz CT molecular complexity index is 374. The Hall–Kier alpha value is -1.50. The minimum Gasteiger partial charge on any atom is -0.465 e. The summed E-state index contributed by atoms with van der Waals surface area (Å²) in [5.74, 6) is 0.667. The maximum atomic E-state index is 11.8. The lowest BCUT2D eigenvalue weighted by Gasteiger charge is -2.08. The van der Waals surface area contributed by atoms with Crippen LogP contribution in [-0.4, -0.2) is 25.2 Å². The molecule has 96 valence electrons. The second kappa shape index (κ2) is 5.72. The molecular formula is C10H13F3N2O2. The number of rotatable bonds is 5. The Balaban J connectivity index is 2.16. The Morgan fingerprint density at radius 2 is 2.12 bits per heavy atom. The summed E-state index contributed by atoms with van der Waals surface area (Å²) in [6.07, 6.45) is -4.38. The third-order valence-electron chi connectivity index (χ3n) is 1.87. The fraction of sp³-hybridized carbons (Fsp3) is 0.500. The largest absolute Gasteiger partial charge is 0.465 e. The van der Waals surface area contributed by atoms with Crippen molar-refractivity contribution in [2.75, 3.05) is 13.1 Å². The van der Waals surface area contributed by atoms with Gasteiger partial charge in [-0.25, -0.2) is 0 Å². The average Bonchev–Trinajstić information content (AvgIpc) is 2.60. The number of furan rings is 1. The summed E-state index contributed by atoms with van der Waals surface area (Å²) in [6, 6.07) is 3.50. The predicted molar refractivity (Wildman–Crippen MR) is 54.2 cm³/mol. The molecule has 0 radical (unpaired) electrons. The maximum Gasteiger partial charge on any atom is 0.405 e. The molecule has 0 aromatic carbocycles. The van der Waals surface area contributed by atoms with Gasteiger partial charge < -0.3 is 15.1 Å². The van der Waals surface area contributed by atoms with Gasteiger partial charge in [0.05, 0.1) is 13.1 Å². The molecule has 0 atom stereocenters. The lowest BCUT2D eigenvalue weighted by Crippen LogP contribution is -2.39. The molecule has 0 aliphatic rings.